The molecule has 0 aromatic heterocycles. The van der Waals surface area contributed by atoms with E-state index in [1.54, 1.807) is 0 Å². The fourth-order valence-electron chi connectivity index (χ4n) is 2.18. The van der Waals surface area contributed by atoms with Gasteiger partial charge < -0.3 is 10.8 Å². The lowest BCUT2D eigenvalue weighted by molar-refractivity contribution is -0.143. The zero-order chi connectivity index (χ0) is 15.1. The minimum atomic E-state index is -0.945. The van der Waals surface area contributed by atoms with Crippen LogP contribution in [0.25, 0.3) is 0 Å². The lowest BCUT2D eigenvalue weighted by atomic mass is 9.90. The van der Waals surface area contributed by atoms with Crippen molar-refractivity contribution in [2.24, 2.45) is 17.6 Å². The number of Topliss-reactive ketones (excluding diaryl/α,β-unsaturated/α-hetero) is 1. The average molecular weight is 277 g/mol. The monoisotopic (exact) mass is 277 g/mol. The summed E-state index contributed by atoms with van der Waals surface area (Å²) in [7, 11) is 0. The normalized spacial score (nSPS) is 14.0. The Morgan fingerprint density at radius 2 is 1.80 bits per heavy atom. The van der Waals surface area contributed by atoms with E-state index in [4.69, 9.17) is 5.73 Å². The second-order valence-corrected chi connectivity index (χ2v) is 5.63. The molecule has 0 aliphatic rings. The predicted molar refractivity (Wildman–Crippen MR) is 78.3 cm³/mol. The number of carbonyl (C=O) groups is 2. The number of ketones is 1. The summed E-state index contributed by atoms with van der Waals surface area (Å²) in [6, 6.07) is 8.78. The number of aliphatic carboxylic acids is 1. The fraction of sp³-hybridized carbons (Fsp3) is 0.500. The van der Waals surface area contributed by atoms with Crippen LogP contribution in [-0.2, 0) is 16.0 Å². The SMILES string of the molecule is CC(C)C[C@@H](N)C(=O)CC(Cc1ccccc1)C(=O)O. The molecule has 4 heteroatoms. The van der Waals surface area contributed by atoms with Gasteiger partial charge in [0.25, 0.3) is 0 Å². The molecule has 0 radical (unpaired) electrons. The minimum absolute atomic E-state index is 0.00187. The number of carboxylic acid groups (broad SMARTS) is 1. The van der Waals surface area contributed by atoms with E-state index in [9.17, 15) is 14.7 Å². The van der Waals surface area contributed by atoms with Crippen molar-refractivity contribution in [3.05, 3.63) is 35.9 Å². The van der Waals surface area contributed by atoms with Crippen LogP contribution in [0.3, 0.4) is 0 Å². The third-order valence-corrected chi connectivity index (χ3v) is 3.26. The van der Waals surface area contributed by atoms with Gasteiger partial charge in [-0.1, -0.05) is 44.2 Å². The first kappa shape index (κ1) is 16.4. The molecular weight excluding hydrogens is 254 g/mol. The molecule has 110 valence electrons. The molecule has 2 atom stereocenters. The summed E-state index contributed by atoms with van der Waals surface area (Å²) in [4.78, 5) is 23.3. The fourth-order valence-corrected chi connectivity index (χ4v) is 2.18. The molecule has 4 nitrogen and oxygen atoms in total. The Labute approximate surface area is 120 Å². The van der Waals surface area contributed by atoms with E-state index >= 15 is 0 Å². The summed E-state index contributed by atoms with van der Waals surface area (Å²) in [5, 5.41) is 9.25. The summed E-state index contributed by atoms with van der Waals surface area (Å²) in [5.74, 6) is -1.49. The van der Waals surface area contributed by atoms with Gasteiger partial charge in [0.2, 0.25) is 0 Å². The summed E-state index contributed by atoms with van der Waals surface area (Å²) in [5.41, 5.74) is 6.74. The maximum absolute atomic E-state index is 12.0. The average Bonchev–Trinajstić information content (AvgIpc) is 2.38. The predicted octanol–water partition coefficient (Wildman–Crippen LogP) is 2.26. The Bertz CT molecular complexity index is 442. The topological polar surface area (TPSA) is 80.4 Å². The van der Waals surface area contributed by atoms with Crippen LogP contribution in [0.4, 0.5) is 0 Å². The van der Waals surface area contributed by atoms with Gasteiger partial charge in [-0.2, -0.15) is 0 Å². The van der Waals surface area contributed by atoms with Crippen molar-refractivity contribution in [3.8, 4) is 0 Å². The van der Waals surface area contributed by atoms with Crippen molar-refractivity contribution in [1.82, 2.24) is 0 Å². The standard InChI is InChI=1S/C16H23NO3/c1-11(2)8-14(17)15(18)10-13(16(19)20)9-12-6-4-3-5-7-12/h3-7,11,13-14H,8-10,17H2,1-2H3,(H,19,20)/t13?,14-/m1/s1. The summed E-state index contributed by atoms with van der Waals surface area (Å²) in [6.07, 6.45) is 0.949. The first-order chi connectivity index (χ1) is 9.40. The van der Waals surface area contributed by atoms with Gasteiger partial charge in [-0.25, -0.2) is 0 Å². The molecule has 0 aliphatic heterocycles. The molecule has 0 aliphatic carbocycles. The number of benzene rings is 1. The zero-order valence-corrected chi connectivity index (χ0v) is 12.1. The molecule has 0 spiro atoms. The van der Waals surface area contributed by atoms with E-state index in [1.807, 2.05) is 44.2 Å². The lowest BCUT2D eigenvalue weighted by Crippen LogP contribution is -2.34. The van der Waals surface area contributed by atoms with E-state index in [0.29, 0.717) is 18.8 Å². The third-order valence-electron chi connectivity index (χ3n) is 3.26. The maximum atomic E-state index is 12.0. The Balaban J connectivity index is 2.64. The van der Waals surface area contributed by atoms with Crippen LogP contribution < -0.4 is 5.73 Å². The number of hydrogen-bond acceptors (Lipinski definition) is 3. The second-order valence-electron chi connectivity index (χ2n) is 5.63. The highest BCUT2D eigenvalue weighted by Gasteiger charge is 2.25. The molecule has 0 saturated carbocycles. The largest absolute Gasteiger partial charge is 0.481 e. The molecule has 0 bridgehead atoms. The number of rotatable bonds is 8. The van der Waals surface area contributed by atoms with E-state index in [-0.39, 0.29) is 12.2 Å². The van der Waals surface area contributed by atoms with E-state index in [1.165, 1.54) is 0 Å². The number of carboxylic acids is 1. The molecule has 0 saturated heterocycles. The van der Waals surface area contributed by atoms with Crippen LogP contribution in [0.15, 0.2) is 30.3 Å². The molecule has 0 fully saturated rings. The highest BCUT2D eigenvalue weighted by Crippen LogP contribution is 2.15. The van der Waals surface area contributed by atoms with Gasteiger partial charge in [0.15, 0.2) is 0 Å². The molecule has 0 amide bonds. The molecule has 0 heterocycles. The van der Waals surface area contributed by atoms with Crippen LogP contribution in [0.5, 0.6) is 0 Å². The minimum Gasteiger partial charge on any atom is -0.481 e. The summed E-state index contributed by atoms with van der Waals surface area (Å²) in [6.45, 7) is 3.98. The van der Waals surface area contributed by atoms with E-state index in [0.717, 1.165) is 5.56 Å². The van der Waals surface area contributed by atoms with Crippen molar-refractivity contribution in [2.75, 3.05) is 0 Å². The van der Waals surface area contributed by atoms with Gasteiger partial charge in [-0.3, -0.25) is 9.59 Å². The van der Waals surface area contributed by atoms with Crippen LogP contribution in [0.1, 0.15) is 32.3 Å². The summed E-state index contributed by atoms with van der Waals surface area (Å²) >= 11 is 0. The molecule has 20 heavy (non-hydrogen) atoms. The molecular formula is C16H23NO3. The summed E-state index contributed by atoms with van der Waals surface area (Å²) < 4.78 is 0. The lowest BCUT2D eigenvalue weighted by Gasteiger charge is -2.16. The van der Waals surface area contributed by atoms with Crippen LogP contribution in [0.2, 0.25) is 0 Å². The molecule has 1 unspecified atom stereocenters. The third kappa shape index (κ3) is 5.53. The van der Waals surface area contributed by atoms with Gasteiger partial charge in [0, 0.05) is 6.42 Å². The van der Waals surface area contributed by atoms with E-state index in [2.05, 4.69) is 0 Å². The molecule has 1 aromatic carbocycles. The highest BCUT2D eigenvalue weighted by molar-refractivity contribution is 5.87. The van der Waals surface area contributed by atoms with Crippen molar-refractivity contribution in [2.45, 2.75) is 39.2 Å². The van der Waals surface area contributed by atoms with Gasteiger partial charge in [0.05, 0.1) is 12.0 Å². The smallest absolute Gasteiger partial charge is 0.307 e. The Hall–Kier alpha value is -1.68. The number of nitrogens with two attached hydrogens (primary N) is 1. The maximum Gasteiger partial charge on any atom is 0.307 e. The number of carbonyl (C=O) groups excluding carboxylic acids is 1. The van der Waals surface area contributed by atoms with Gasteiger partial charge in [0.1, 0.15) is 5.78 Å². The van der Waals surface area contributed by atoms with Crippen LogP contribution in [0, 0.1) is 11.8 Å². The van der Waals surface area contributed by atoms with Crippen LogP contribution >= 0.6 is 0 Å². The van der Waals surface area contributed by atoms with Crippen molar-refractivity contribution in [3.63, 3.8) is 0 Å². The Kier molecular flexibility index (Phi) is 6.39. The van der Waals surface area contributed by atoms with E-state index < -0.39 is 17.9 Å². The first-order valence-corrected chi connectivity index (χ1v) is 6.95. The van der Waals surface area contributed by atoms with Gasteiger partial charge in [-0.05, 0) is 24.3 Å². The van der Waals surface area contributed by atoms with Gasteiger partial charge >= 0.3 is 5.97 Å². The van der Waals surface area contributed by atoms with Crippen molar-refractivity contribution < 1.29 is 14.7 Å². The highest BCUT2D eigenvalue weighted by atomic mass is 16.4. The van der Waals surface area contributed by atoms with Crippen molar-refractivity contribution in [1.29, 1.82) is 0 Å². The second kappa shape index (κ2) is 7.80. The molecule has 1 aromatic rings. The van der Waals surface area contributed by atoms with Crippen molar-refractivity contribution >= 4 is 11.8 Å². The zero-order valence-electron chi connectivity index (χ0n) is 12.1. The molecule has 1 rings (SSSR count). The Morgan fingerprint density at radius 1 is 1.20 bits per heavy atom. The molecule has 3 N–H and O–H groups in total. The van der Waals surface area contributed by atoms with Gasteiger partial charge in [-0.15, -0.1) is 0 Å². The van der Waals surface area contributed by atoms with Crippen LogP contribution in [-0.4, -0.2) is 22.9 Å². The quantitative estimate of drug-likeness (QED) is 0.763. The number of hydrogen-bond donors (Lipinski definition) is 2. The Morgan fingerprint density at radius 3 is 2.30 bits per heavy atom. The first-order valence-electron chi connectivity index (χ1n) is 6.95.